The van der Waals surface area contributed by atoms with Crippen molar-refractivity contribution in [3.63, 3.8) is 0 Å². The van der Waals surface area contributed by atoms with Crippen molar-refractivity contribution in [2.24, 2.45) is 0 Å². The zero-order valence-corrected chi connectivity index (χ0v) is 60.1. The summed E-state index contributed by atoms with van der Waals surface area (Å²) in [6.07, 6.45) is 57.7. The fourth-order valence-electron chi connectivity index (χ4n) is 10.5. The third kappa shape index (κ3) is 66.0. The van der Waals surface area contributed by atoms with Crippen LogP contribution in [0, 0.1) is 0 Å². The van der Waals surface area contributed by atoms with Crippen molar-refractivity contribution in [2.75, 3.05) is 39.6 Å². The molecule has 3 N–H and O–H groups in total. The molecule has 0 aliphatic heterocycles. The molecule has 0 heterocycles. The molecule has 0 fully saturated rings. The van der Waals surface area contributed by atoms with Gasteiger partial charge < -0.3 is 33.8 Å². The molecule has 17 nitrogen and oxygen atoms in total. The van der Waals surface area contributed by atoms with E-state index in [2.05, 4.69) is 52.0 Å². The lowest BCUT2D eigenvalue weighted by atomic mass is 10.0. The fourth-order valence-corrected chi connectivity index (χ4v) is 12.1. The number of phosphoric acid groups is 2. The summed E-state index contributed by atoms with van der Waals surface area (Å²) in [4.78, 5) is 72.5. The topological polar surface area (TPSA) is 237 Å². The van der Waals surface area contributed by atoms with Crippen LogP contribution in [0.3, 0.4) is 0 Å². The van der Waals surface area contributed by atoms with E-state index in [1.807, 2.05) is 0 Å². The number of rotatable bonds is 71. The second kappa shape index (κ2) is 66.2. The van der Waals surface area contributed by atoms with Gasteiger partial charge in [0.2, 0.25) is 0 Å². The van der Waals surface area contributed by atoms with Crippen LogP contribution in [0.25, 0.3) is 0 Å². The number of carbonyl (C=O) groups excluding carboxylic acids is 4. The quantitative estimate of drug-likeness (QED) is 0.0169. The Morgan fingerprint density at radius 3 is 0.802 bits per heavy atom. The van der Waals surface area contributed by atoms with E-state index in [0.717, 1.165) is 109 Å². The average Bonchev–Trinajstić information content (AvgIpc) is 3.54. The molecule has 536 valence electrons. The van der Waals surface area contributed by atoms with Crippen LogP contribution in [0.15, 0.2) is 24.3 Å². The van der Waals surface area contributed by atoms with Crippen molar-refractivity contribution in [3.8, 4) is 0 Å². The van der Waals surface area contributed by atoms with E-state index in [1.54, 1.807) is 0 Å². The molecular weight excluding hydrogens is 1200 g/mol. The summed E-state index contributed by atoms with van der Waals surface area (Å²) >= 11 is 0. The fraction of sp³-hybridized carbons (Fsp3) is 0.889. The summed E-state index contributed by atoms with van der Waals surface area (Å²) < 4.78 is 68.2. The van der Waals surface area contributed by atoms with E-state index in [4.69, 9.17) is 37.0 Å². The van der Waals surface area contributed by atoms with E-state index in [1.165, 1.54) is 167 Å². The monoisotopic (exact) mass is 1330 g/mol. The van der Waals surface area contributed by atoms with Crippen LogP contribution < -0.4 is 0 Å². The Kier molecular flexibility index (Phi) is 64.4. The molecule has 0 radical (unpaired) electrons. The molecule has 0 aromatic rings. The number of hydrogen-bond donors (Lipinski definition) is 3. The van der Waals surface area contributed by atoms with Gasteiger partial charge in [-0.3, -0.25) is 37.3 Å². The molecule has 0 bridgehead atoms. The van der Waals surface area contributed by atoms with Gasteiger partial charge in [0.1, 0.15) is 19.3 Å². The third-order valence-electron chi connectivity index (χ3n) is 16.2. The molecule has 0 aromatic heterocycles. The van der Waals surface area contributed by atoms with Gasteiger partial charge in [-0.25, -0.2) is 9.13 Å². The number of ether oxygens (including phenoxy) is 4. The molecule has 0 amide bonds. The summed E-state index contributed by atoms with van der Waals surface area (Å²) in [5.74, 6) is -2.15. The van der Waals surface area contributed by atoms with Gasteiger partial charge in [-0.1, -0.05) is 302 Å². The van der Waals surface area contributed by atoms with Crippen LogP contribution in [0.1, 0.15) is 355 Å². The summed E-state index contributed by atoms with van der Waals surface area (Å²) in [5, 5.41) is 10.6. The maximum Gasteiger partial charge on any atom is 0.472 e. The minimum absolute atomic E-state index is 0.102. The van der Waals surface area contributed by atoms with Gasteiger partial charge in [-0.2, -0.15) is 0 Å². The lowest BCUT2D eigenvalue weighted by molar-refractivity contribution is -0.161. The molecular formula is C72H136O17P2. The molecule has 0 aliphatic carbocycles. The zero-order valence-electron chi connectivity index (χ0n) is 58.3. The van der Waals surface area contributed by atoms with E-state index in [-0.39, 0.29) is 25.7 Å². The molecule has 2 unspecified atom stereocenters. The first-order valence-corrected chi connectivity index (χ1v) is 40.1. The van der Waals surface area contributed by atoms with E-state index >= 15 is 0 Å². The van der Waals surface area contributed by atoms with Crippen molar-refractivity contribution in [3.05, 3.63) is 24.3 Å². The van der Waals surface area contributed by atoms with Crippen molar-refractivity contribution >= 4 is 39.5 Å². The van der Waals surface area contributed by atoms with Gasteiger partial charge in [0.15, 0.2) is 12.2 Å². The Labute approximate surface area is 554 Å². The highest BCUT2D eigenvalue weighted by Gasteiger charge is 2.30. The molecule has 91 heavy (non-hydrogen) atoms. The van der Waals surface area contributed by atoms with Crippen LogP contribution in [-0.4, -0.2) is 96.7 Å². The molecule has 0 saturated heterocycles. The summed E-state index contributed by atoms with van der Waals surface area (Å²) in [5.41, 5.74) is 0. The highest BCUT2D eigenvalue weighted by molar-refractivity contribution is 7.47. The molecule has 0 spiro atoms. The Bertz CT molecular complexity index is 1830. The lowest BCUT2D eigenvalue weighted by Crippen LogP contribution is -2.30. The van der Waals surface area contributed by atoms with Gasteiger partial charge in [-0.05, 0) is 51.4 Å². The van der Waals surface area contributed by atoms with Crippen LogP contribution in [0.5, 0.6) is 0 Å². The first-order chi connectivity index (χ1) is 44.2. The molecule has 0 saturated carbocycles. The number of aliphatic hydroxyl groups excluding tert-OH is 1. The molecule has 0 aromatic carbocycles. The number of carbonyl (C=O) groups is 4. The second-order valence-corrected chi connectivity index (χ2v) is 28.2. The average molecular weight is 1340 g/mol. The van der Waals surface area contributed by atoms with Crippen LogP contribution in [0.4, 0.5) is 0 Å². The number of aliphatic hydroxyl groups is 1. The van der Waals surface area contributed by atoms with E-state index < -0.39 is 97.5 Å². The Hall–Kier alpha value is -2.46. The zero-order chi connectivity index (χ0) is 66.8. The van der Waals surface area contributed by atoms with Crippen molar-refractivity contribution in [1.29, 1.82) is 0 Å². The molecule has 0 aliphatic rings. The van der Waals surface area contributed by atoms with Gasteiger partial charge in [0, 0.05) is 25.7 Å². The number of unbranched alkanes of at least 4 members (excludes halogenated alkanes) is 42. The SMILES string of the molecule is CCCCCC/C=C\C=C/CCCCCCCC(=O)OC[C@H](COP(=O)(O)OC[C@@H](O)COP(=O)(O)OC[C@@H](COC(=O)CCCCCCCCCCC)OC(=O)CCCCCCCCCCC)OC(=O)CCCCCCCCCCCCCCCCCCCC. The first-order valence-electron chi connectivity index (χ1n) is 37.1. The Balaban J connectivity index is 5.23. The van der Waals surface area contributed by atoms with Crippen LogP contribution in [-0.2, 0) is 65.4 Å². The van der Waals surface area contributed by atoms with Crippen LogP contribution >= 0.6 is 15.6 Å². The smallest absolute Gasteiger partial charge is 0.462 e. The minimum atomic E-state index is -4.96. The number of allylic oxidation sites excluding steroid dienone is 4. The van der Waals surface area contributed by atoms with E-state index in [0.29, 0.717) is 25.7 Å². The highest BCUT2D eigenvalue weighted by Crippen LogP contribution is 2.45. The largest absolute Gasteiger partial charge is 0.472 e. The summed E-state index contributed by atoms with van der Waals surface area (Å²) in [6.45, 7) is 4.86. The normalized spacial score (nSPS) is 14.1. The van der Waals surface area contributed by atoms with Gasteiger partial charge in [0.25, 0.3) is 0 Å². The maximum absolute atomic E-state index is 13.0. The van der Waals surface area contributed by atoms with Crippen LogP contribution in [0.2, 0.25) is 0 Å². The molecule has 0 rings (SSSR count). The third-order valence-corrected chi connectivity index (χ3v) is 18.1. The van der Waals surface area contributed by atoms with Crippen molar-refractivity contribution < 1.29 is 80.2 Å². The predicted molar refractivity (Wildman–Crippen MR) is 368 cm³/mol. The van der Waals surface area contributed by atoms with E-state index in [9.17, 15) is 43.2 Å². The predicted octanol–water partition coefficient (Wildman–Crippen LogP) is 20.6. The standard InChI is InChI=1S/C72H136O17P2/c1-5-9-13-17-21-25-27-29-31-32-33-35-37-39-43-47-51-55-59-72(77)89-68(63-83-70(75)57-53-49-45-42-38-36-34-30-28-26-22-18-14-10-6-2)65-87-91(80,81)85-61-66(73)60-84-90(78,79)86-64-67(88-71(76)58-54-50-46-41-24-20-16-12-8-4)62-82-69(74)56-52-48-44-40-23-19-15-11-7-3/h26,28,30,34,66-68,73H,5-25,27,29,31-33,35-65H2,1-4H3,(H,78,79)(H,80,81)/b28-26-,34-30-/t66-,67+,68+/m0/s1. The summed E-state index contributed by atoms with van der Waals surface area (Å²) in [6, 6.07) is 0. The second-order valence-electron chi connectivity index (χ2n) is 25.3. The highest BCUT2D eigenvalue weighted by atomic mass is 31.2. The van der Waals surface area contributed by atoms with Crippen molar-refractivity contribution in [2.45, 2.75) is 373 Å². The minimum Gasteiger partial charge on any atom is -0.462 e. The molecule has 5 atom stereocenters. The number of phosphoric ester groups is 2. The van der Waals surface area contributed by atoms with Gasteiger partial charge in [-0.15, -0.1) is 0 Å². The van der Waals surface area contributed by atoms with Gasteiger partial charge in [0.05, 0.1) is 26.4 Å². The number of hydrogen-bond acceptors (Lipinski definition) is 15. The lowest BCUT2D eigenvalue weighted by Gasteiger charge is -2.21. The Morgan fingerprint density at radius 2 is 0.527 bits per heavy atom. The maximum atomic E-state index is 13.0. The van der Waals surface area contributed by atoms with Crippen molar-refractivity contribution in [1.82, 2.24) is 0 Å². The summed E-state index contributed by atoms with van der Waals surface area (Å²) in [7, 11) is -9.91. The Morgan fingerprint density at radius 1 is 0.308 bits per heavy atom. The van der Waals surface area contributed by atoms with Gasteiger partial charge >= 0.3 is 39.5 Å². The first kappa shape index (κ1) is 88.5. The molecule has 19 heteroatoms. The number of esters is 4.